The molecule has 0 aliphatic heterocycles. The molecule has 35 heavy (non-hydrogen) atoms. The zero-order chi connectivity index (χ0) is 26.5. The highest BCUT2D eigenvalue weighted by Crippen LogP contribution is 2.27. The largest absolute Gasteiger partial charge is 0.352 e. The predicted octanol–water partition coefficient (Wildman–Crippen LogP) is 5.16. The van der Waals surface area contributed by atoms with Gasteiger partial charge in [0.25, 0.3) is 0 Å². The van der Waals surface area contributed by atoms with Crippen LogP contribution in [-0.2, 0) is 26.2 Å². The summed E-state index contributed by atoms with van der Waals surface area (Å²) in [5.41, 5.74) is 1.76. The fourth-order valence-corrected chi connectivity index (χ4v) is 5.09. The molecule has 7 nitrogen and oxygen atoms in total. The van der Waals surface area contributed by atoms with Crippen molar-refractivity contribution >= 4 is 66.7 Å². The van der Waals surface area contributed by atoms with E-state index in [4.69, 9.17) is 23.2 Å². The van der Waals surface area contributed by atoms with Gasteiger partial charge in [0, 0.05) is 27.1 Å². The third-order valence-corrected chi connectivity index (χ3v) is 7.90. The third-order valence-electron chi connectivity index (χ3n) is 5.28. The lowest BCUT2D eigenvalue weighted by Crippen LogP contribution is -2.53. The zero-order valence-electron chi connectivity index (χ0n) is 20.3. The summed E-state index contributed by atoms with van der Waals surface area (Å²) < 4.78 is 27.2. The van der Waals surface area contributed by atoms with Crippen molar-refractivity contribution in [1.29, 1.82) is 0 Å². The number of anilines is 1. The average Bonchev–Trinajstić information content (AvgIpc) is 2.74. The topological polar surface area (TPSA) is 86.8 Å². The van der Waals surface area contributed by atoms with Crippen molar-refractivity contribution in [2.75, 3.05) is 17.1 Å². The Balaban J connectivity index is 2.50. The molecule has 0 saturated carbocycles. The zero-order valence-corrected chi connectivity index (χ0v) is 24.2. The smallest absolute Gasteiger partial charge is 0.244 e. The first-order valence-corrected chi connectivity index (χ1v) is 14.4. The van der Waals surface area contributed by atoms with E-state index in [1.807, 2.05) is 20.8 Å². The molecular formula is C24H30BrCl2N3O4S. The van der Waals surface area contributed by atoms with E-state index in [1.165, 1.54) is 4.90 Å². The van der Waals surface area contributed by atoms with Crippen molar-refractivity contribution in [3.8, 4) is 0 Å². The molecule has 0 aliphatic rings. The minimum atomic E-state index is -3.81. The van der Waals surface area contributed by atoms with Crippen LogP contribution in [0.2, 0.25) is 10.0 Å². The van der Waals surface area contributed by atoms with E-state index in [1.54, 1.807) is 43.3 Å². The maximum absolute atomic E-state index is 13.7. The number of benzene rings is 2. The summed E-state index contributed by atoms with van der Waals surface area (Å²) in [7, 11) is -3.81. The summed E-state index contributed by atoms with van der Waals surface area (Å²) in [5.74, 6) is -0.862. The highest BCUT2D eigenvalue weighted by atomic mass is 79.9. The molecule has 2 aromatic carbocycles. The molecule has 2 rings (SSSR count). The molecule has 0 fully saturated rings. The molecular weight excluding hydrogens is 577 g/mol. The number of hydrogen-bond acceptors (Lipinski definition) is 4. The fourth-order valence-electron chi connectivity index (χ4n) is 3.53. The van der Waals surface area contributed by atoms with Crippen molar-refractivity contribution in [3.63, 3.8) is 0 Å². The Bertz CT molecular complexity index is 1190. The number of carbonyl (C=O) groups excluding carboxylic acids is 2. The maximum Gasteiger partial charge on any atom is 0.244 e. The molecule has 0 aliphatic carbocycles. The van der Waals surface area contributed by atoms with Crippen LogP contribution in [0, 0.1) is 6.92 Å². The summed E-state index contributed by atoms with van der Waals surface area (Å²) in [4.78, 5) is 28.0. The molecule has 192 valence electrons. The number of nitrogens with one attached hydrogen (secondary N) is 1. The van der Waals surface area contributed by atoms with Gasteiger partial charge in [0.15, 0.2) is 0 Å². The molecule has 1 atom stereocenters. The van der Waals surface area contributed by atoms with Crippen LogP contribution in [-0.4, -0.2) is 50.0 Å². The molecule has 0 saturated heterocycles. The van der Waals surface area contributed by atoms with E-state index in [9.17, 15) is 18.0 Å². The lowest BCUT2D eigenvalue weighted by Gasteiger charge is -2.33. The van der Waals surface area contributed by atoms with E-state index in [2.05, 4.69) is 21.2 Å². The van der Waals surface area contributed by atoms with Crippen molar-refractivity contribution in [2.24, 2.45) is 0 Å². The van der Waals surface area contributed by atoms with Gasteiger partial charge in [-0.3, -0.25) is 13.9 Å². The van der Waals surface area contributed by atoms with Gasteiger partial charge in [0.1, 0.15) is 12.6 Å². The summed E-state index contributed by atoms with van der Waals surface area (Å²) in [6.07, 6.45) is 1.37. The lowest BCUT2D eigenvalue weighted by atomic mass is 10.1. The normalized spacial score (nSPS) is 12.4. The van der Waals surface area contributed by atoms with Crippen molar-refractivity contribution < 1.29 is 18.0 Å². The molecule has 11 heteroatoms. The number of aryl methyl sites for hydroxylation is 1. The van der Waals surface area contributed by atoms with Gasteiger partial charge in [0.2, 0.25) is 21.8 Å². The molecule has 2 amide bonds. The van der Waals surface area contributed by atoms with Crippen molar-refractivity contribution in [1.82, 2.24) is 10.2 Å². The monoisotopic (exact) mass is 605 g/mol. The van der Waals surface area contributed by atoms with E-state index in [-0.39, 0.29) is 18.5 Å². The van der Waals surface area contributed by atoms with Gasteiger partial charge in [-0.15, -0.1) is 0 Å². The first-order chi connectivity index (χ1) is 16.2. The van der Waals surface area contributed by atoms with Gasteiger partial charge < -0.3 is 10.2 Å². The van der Waals surface area contributed by atoms with Gasteiger partial charge in [-0.2, -0.15) is 0 Å². The first-order valence-electron chi connectivity index (χ1n) is 11.0. The molecule has 1 N–H and O–H groups in total. The van der Waals surface area contributed by atoms with Gasteiger partial charge >= 0.3 is 0 Å². The fraction of sp³-hybridized carbons (Fsp3) is 0.417. The average molecular weight is 607 g/mol. The summed E-state index contributed by atoms with van der Waals surface area (Å²) >= 11 is 15.8. The van der Waals surface area contributed by atoms with Crippen molar-refractivity contribution in [3.05, 3.63) is 62.0 Å². The van der Waals surface area contributed by atoms with Crippen LogP contribution < -0.4 is 9.62 Å². The Hall–Kier alpha value is -1.81. The number of carbonyl (C=O) groups is 2. The Morgan fingerprint density at radius 2 is 1.77 bits per heavy atom. The summed E-state index contributed by atoms with van der Waals surface area (Å²) in [6.45, 7) is 6.81. The number of rotatable bonds is 10. The van der Waals surface area contributed by atoms with Gasteiger partial charge in [0.05, 0.1) is 11.9 Å². The number of sulfonamides is 1. The molecule has 1 unspecified atom stereocenters. The lowest BCUT2D eigenvalue weighted by molar-refractivity contribution is -0.140. The number of amides is 2. The minimum Gasteiger partial charge on any atom is -0.352 e. The highest BCUT2D eigenvalue weighted by molar-refractivity contribution is 9.10. The Labute approximate surface area is 225 Å². The predicted molar refractivity (Wildman–Crippen MR) is 145 cm³/mol. The first kappa shape index (κ1) is 29.4. The van der Waals surface area contributed by atoms with E-state index in [0.717, 1.165) is 20.6 Å². The SMILES string of the molecule is CCC(C(=O)NC(C)C)N(Cc1ccc(Cl)cc1Cl)C(=O)CN(c1ccc(Br)c(C)c1)S(C)(=O)=O. The molecule has 0 heterocycles. The number of hydrogen-bond donors (Lipinski definition) is 1. The van der Waals surface area contributed by atoms with Gasteiger partial charge in [-0.05, 0) is 68.7 Å². The van der Waals surface area contributed by atoms with E-state index >= 15 is 0 Å². The molecule has 0 spiro atoms. The summed E-state index contributed by atoms with van der Waals surface area (Å²) in [5, 5.41) is 3.63. The maximum atomic E-state index is 13.7. The second kappa shape index (κ2) is 12.4. The standard InChI is InChI=1S/C24H30BrCl2N3O4S/c1-6-22(24(32)28-15(2)3)29(13-17-7-8-18(26)12-21(17)27)23(31)14-30(35(5,33)34)19-9-10-20(25)16(4)11-19/h7-12,15,22H,6,13-14H2,1-5H3,(H,28,32). The Morgan fingerprint density at radius 3 is 2.29 bits per heavy atom. The second-order valence-corrected chi connectivity index (χ2v) is 12.2. The third kappa shape index (κ3) is 8.10. The van der Waals surface area contributed by atoms with Crippen molar-refractivity contribution in [2.45, 2.75) is 52.7 Å². The van der Waals surface area contributed by atoms with Gasteiger partial charge in [-0.25, -0.2) is 8.42 Å². The van der Waals surface area contributed by atoms with Crippen LogP contribution >= 0.6 is 39.1 Å². The Kier molecular flexibility index (Phi) is 10.4. The van der Waals surface area contributed by atoms with E-state index in [0.29, 0.717) is 27.7 Å². The number of nitrogens with zero attached hydrogens (tertiary/aromatic N) is 2. The Morgan fingerprint density at radius 1 is 1.11 bits per heavy atom. The van der Waals surface area contributed by atoms with Crippen LogP contribution in [0.25, 0.3) is 0 Å². The second-order valence-electron chi connectivity index (χ2n) is 8.55. The van der Waals surface area contributed by atoms with Crippen LogP contribution in [0.15, 0.2) is 40.9 Å². The molecule has 0 bridgehead atoms. The van der Waals surface area contributed by atoms with E-state index < -0.39 is 28.5 Å². The van der Waals surface area contributed by atoms with Crippen LogP contribution in [0.3, 0.4) is 0 Å². The molecule has 0 radical (unpaired) electrons. The molecule has 2 aromatic rings. The van der Waals surface area contributed by atoms with Crippen LogP contribution in [0.5, 0.6) is 0 Å². The number of halogens is 3. The quantitative estimate of drug-likeness (QED) is 0.405. The minimum absolute atomic E-state index is 0.00975. The highest BCUT2D eigenvalue weighted by Gasteiger charge is 2.32. The summed E-state index contributed by atoms with van der Waals surface area (Å²) in [6, 6.07) is 8.96. The van der Waals surface area contributed by atoms with Gasteiger partial charge in [-0.1, -0.05) is 52.1 Å². The van der Waals surface area contributed by atoms with Crippen LogP contribution in [0.1, 0.15) is 38.3 Å². The molecule has 0 aromatic heterocycles. The van der Waals surface area contributed by atoms with Crippen LogP contribution in [0.4, 0.5) is 5.69 Å².